The lowest BCUT2D eigenvalue weighted by molar-refractivity contribution is -0.141. The van der Waals surface area contributed by atoms with Gasteiger partial charge in [0.1, 0.15) is 35.2 Å². The number of amides is 4. The van der Waals surface area contributed by atoms with Crippen molar-refractivity contribution in [2.75, 3.05) is 47.9 Å². The number of hydrogen-bond donors (Lipinski definition) is 4. The summed E-state index contributed by atoms with van der Waals surface area (Å²) in [7, 11) is 7.01. The molecule has 5 atom stereocenters. The van der Waals surface area contributed by atoms with E-state index in [1.807, 2.05) is 104 Å². The molecule has 4 amide bonds. The maximum Gasteiger partial charge on any atom is 0.256 e. The fourth-order valence-electron chi connectivity index (χ4n) is 6.88. The molecule has 3 aromatic carbocycles. The van der Waals surface area contributed by atoms with Crippen LogP contribution in [0.15, 0.2) is 115 Å². The van der Waals surface area contributed by atoms with Crippen molar-refractivity contribution >= 4 is 46.5 Å². The molecule has 2 fully saturated rings. The van der Waals surface area contributed by atoms with Crippen LogP contribution >= 0.6 is 11.9 Å². The summed E-state index contributed by atoms with van der Waals surface area (Å²) in [5.74, 6) is -0.719. The van der Waals surface area contributed by atoms with Crippen molar-refractivity contribution in [1.29, 1.82) is 0 Å². The largest absolute Gasteiger partial charge is 0.497 e. The zero-order valence-electron chi connectivity index (χ0n) is 32.6. The smallest absolute Gasteiger partial charge is 0.256 e. The third kappa shape index (κ3) is 9.82. The van der Waals surface area contributed by atoms with E-state index in [4.69, 9.17) is 14.5 Å². The Morgan fingerprint density at radius 1 is 1.05 bits per heavy atom. The molecule has 4 aromatic rings. The van der Waals surface area contributed by atoms with Crippen LogP contribution in [0.5, 0.6) is 11.5 Å². The topological polar surface area (TPSA) is 154 Å². The van der Waals surface area contributed by atoms with Crippen LogP contribution < -0.4 is 30.1 Å². The lowest BCUT2D eigenvalue weighted by Gasteiger charge is -2.29. The van der Waals surface area contributed by atoms with Gasteiger partial charge in [-0.1, -0.05) is 60.7 Å². The number of likely N-dealkylation sites (N-methyl/N-ethyl adjacent to an activating group) is 2. The molecule has 4 N–H and O–H groups in total. The molecule has 13 nitrogen and oxygen atoms in total. The molecule has 14 heteroatoms. The maximum atomic E-state index is 14.4. The van der Waals surface area contributed by atoms with Crippen molar-refractivity contribution in [1.82, 2.24) is 35.5 Å². The van der Waals surface area contributed by atoms with E-state index in [1.54, 1.807) is 26.3 Å². The first-order chi connectivity index (χ1) is 27.5. The van der Waals surface area contributed by atoms with Gasteiger partial charge in [-0.2, -0.15) is 0 Å². The minimum atomic E-state index is -1.23. The molecule has 57 heavy (non-hydrogen) atoms. The molecule has 298 valence electrons. The number of fused-ring (bicyclic) bond motifs is 1. The summed E-state index contributed by atoms with van der Waals surface area (Å²) in [6.07, 6.45) is 4.72. The van der Waals surface area contributed by atoms with Gasteiger partial charge in [0.05, 0.1) is 24.9 Å². The monoisotopic (exact) mass is 791 g/mol. The number of benzene rings is 3. The molecule has 1 saturated heterocycles. The first kappa shape index (κ1) is 40.9. The molecule has 2 aliphatic rings. The Morgan fingerprint density at radius 3 is 2.46 bits per heavy atom. The normalized spacial score (nSPS) is 20.6. The third-order valence-corrected chi connectivity index (χ3v) is 10.9. The fourth-order valence-corrected chi connectivity index (χ4v) is 7.57. The Bertz CT molecular complexity index is 2120. The van der Waals surface area contributed by atoms with Gasteiger partial charge in [-0.15, -0.1) is 6.58 Å². The Labute approximate surface area is 337 Å². The van der Waals surface area contributed by atoms with Crippen LogP contribution in [-0.4, -0.2) is 110 Å². The number of hydrogen-bond acceptors (Lipinski definition) is 10. The van der Waals surface area contributed by atoms with Crippen LogP contribution in [0.1, 0.15) is 12.8 Å². The van der Waals surface area contributed by atoms with E-state index in [1.165, 1.54) is 22.9 Å². The molecular weight excluding hydrogens is 743 g/mol. The van der Waals surface area contributed by atoms with Crippen molar-refractivity contribution in [2.45, 2.75) is 41.5 Å². The average Bonchev–Trinajstić information content (AvgIpc) is 3.78. The highest BCUT2D eigenvalue weighted by Gasteiger charge is 2.61. The van der Waals surface area contributed by atoms with Crippen LogP contribution in [0, 0.1) is 5.92 Å². The predicted molar refractivity (Wildman–Crippen MR) is 221 cm³/mol. The highest BCUT2D eigenvalue weighted by molar-refractivity contribution is 7.98. The Morgan fingerprint density at radius 2 is 1.79 bits per heavy atom. The van der Waals surface area contributed by atoms with E-state index in [0.29, 0.717) is 35.7 Å². The van der Waals surface area contributed by atoms with E-state index >= 15 is 0 Å². The molecule has 1 aromatic heterocycles. The van der Waals surface area contributed by atoms with Crippen LogP contribution in [0.4, 0.5) is 0 Å². The molecule has 2 heterocycles. The van der Waals surface area contributed by atoms with Crippen LogP contribution in [0.25, 0.3) is 22.2 Å². The number of methoxy groups -OCH3 is 1. The first-order valence-corrected chi connectivity index (χ1v) is 19.6. The second kappa shape index (κ2) is 18.5. The third-order valence-electron chi connectivity index (χ3n) is 10.1. The van der Waals surface area contributed by atoms with Gasteiger partial charge < -0.3 is 35.2 Å². The quantitative estimate of drug-likeness (QED) is 0.0703. The van der Waals surface area contributed by atoms with Gasteiger partial charge in [0, 0.05) is 59.5 Å². The summed E-state index contributed by atoms with van der Waals surface area (Å²) < 4.78 is 15.1. The van der Waals surface area contributed by atoms with Crippen molar-refractivity contribution in [2.24, 2.45) is 5.92 Å². The van der Waals surface area contributed by atoms with Crippen LogP contribution in [0.3, 0.4) is 0 Å². The van der Waals surface area contributed by atoms with E-state index in [2.05, 4.69) is 27.3 Å². The Balaban J connectivity index is 1.27. The number of carbonyl (C=O) groups is 4. The molecule has 6 rings (SSSR count). The minimum absolute atomic E-state index is 0.0182. The lowest BCUT2D eigenvalue weighted by atomic mass is 10.1. The van der Waals surface area contributed by atoms with Gasteiger partial charge >= 0.3 is 0 Å². The molecule has 1 aliphatic carbocycles. The van der Waals surface area contributed by atoms with E-state index in [9.17, 15) is 19.2 Å². The summed E-state index contributed by atoms with van der Waals surface area (Å²) in [5, 5.41) is 9.55. The number of aromatic nitrogens is 1. The molecular formula is C43H49N7O6S. The van der Waals surface area contributed by atoms with Gasteiger partial charge in [0.25, 0.3) is 5.91 Å². The summed E-state index contributed by atoms with van der Waals surface area (Å²) in [6.45, 7) is 4.53. The standard InChI is InChI=1S/C43H49N7O6S/c1-6-29-25-43(29,42(54)48-57-32-16-11-8-12-17-32)47-40(52)37-23-31(27-50(37)41(53)36(44-2)26-45-39(51)18-13-21-49(3)4)56-38-24-34(28-14-9-7-10-15-28)46-35-22-30(55-5)19-20-33(35)38/h6-20,22,24,29,31,36-37,44H,1,21,23,25-27H2,2-5H3,(H,45,51)(H,47,52)(H,48,54)/b18-13+/t29-,31-,36+,37+,43-/m1/s1. The zero-order valence-corrected chi connectivity index (χ0v) is 33.4. The number of carbonyl (C=O) groups excluding carboxylic acids is 4. The molecule has 1 saturated carbocycles. The number of nitrogens with zero attached hydrogens (tertiary/aromatic N) is 3. The van der Waals surface area contributed by atoms with Crippen LogP contribution in [0.2, 0.25) is 0 Å². The van der Waals surface area contributed by atoms with E-state index in [-0.39, 0.29) is 37.2 Å². The van der Waals surface area contributed by atoms with Crippen LogP contribution in [-0.2, 0) is 19.2 Å². The number of likely N-dealkylation sites (tertiary alicyclic amines) is 1. The highest BCUT2D eigenvalue weighted by atomic mass is 32.2. The van der Waals surface area contributed by atoms with Crippen molar-refractivity contribution in [3.8, 4) is 22.8 Å². The average molecular weight is 792 g/mol. The molecule has 0 unspecified atom stereocenters. The number of pyridine rings is 1. The van der Waals surface area contributed by atoms with Crippen molar-refractivity contribution in [3.05, 3.63) is 110 Å². The second-order valence-corrected chi connectivity index (χ2v) is 15.2. The summed E-state index contributed by atoms with van der Waals surface area (Å²) in [4.78, 5) is 64.2. The Hall–Kier alpha value is -5.70. The summed E-state index contributed by atoms with van der Waals surface area (Å²) in [6, 6.07) is 24.7. The molecule has 0 bridgehead atoms. The number of nitrogens with one attached hydrogen (secondary N) is 4. The zero-order chi connectivity index (χ0) is 40.5. The van der Waals surface area contributed by atoms with Crippen molar-refractivity contribution < 1.29 is 28.7 Å². The summed E-state index contributed by atoms with van der Waals surface area (Å²) >= 11 is 1.17. The molecule has 0 spiro atoms. The molecule has 1 aliphatic heterocycles. The van der Waals surface area contributed by atoms with E-state index < -0.39 is 35.5 Å². The fraction of sp³-hybridized carbons (Fsp3) is 0.326. The molecule has 0 radical (unpaired) electrons. The first-order valence-electron chi connectivity index (χ1n) is 18.8. The minimum Gasteiger partial charge on any atom is -0.497 e. The van der Waals surface area contributed by atoms with Gasteiger partial charge in [-0.25, -0.2) is 4.98 Å². The van der Waals surface area contributed by atoms with Gasteiger partial charge in [-0.3, -0.25) is 23.9 Å². The maximum absolute atomic E-state index is 14.4. The summed E-state index contributed by atoms with van der Waals surface area (Å²) in [5.41, 5.74) is 0.997. The SMILES string of the molecule is C=C[C@@H]1C[C@]1(NC(=O)[C@@H]1C[C@@H](Oc2cc(-c3ccccc3)nc3cc(OC)ccc23)CN1C(=O)[C@H](CNC(=O)/C=C/CN(C)C)NC)C(=O)NSc1ccccc1. The van der Waals surface area contributed by atoms with Crippen molar-refractivity contribution in [3.63, 3.8) is 0 Å². The second-order valence-electron chi connectivity index (χ2n) is 14.3. The van der Waals surface area contributed by atoms with Gasteiger partial charge in [0.15, 0.2) is 0 Å². The predicted octanol–water partition coefficient (Wildman–Crippen LogP) is 3.97. The number of ether oxygens (including phenoxy) is 2. The van der Waals surface area contributed by atoms with Gasteiger partial charge in [-0.05, 0) is 63.8 Å². The highest BCUT2D eigenvalue weighted by Crippen LogP contribution is 2.45. The van der Waals surface area contributed by atoms with Gasteiger partial charge in [0.2, 0.25) is 17.7 Å². The number of rotatable bonds is 17. The van der Waals surface area contributed by atoms with E-state index in [0.717, 1.165) is 15.8 Å². The lowest BCUT2D eigenvalue weighted by Crippen LogP contribution is -2.58. The Kier molecular flexibility index (Phi) is 13.3.